The Hall–Kier alpha value is -3.51. The van der Waals surface area contributed by atoms with E-state index in [2.05, 4.69) is 18.8 Å². The molecule has 0 radical (unpaired) electrons. The van der Waals surface area contributed by atoms with Gasteiger partial charge in [-0.05, 0) is 48.9 Å². The van der Waals surface area contributed by atoms with Gasteiger partial charge in [0.2, 0.25) is 11.8 Å². The molecule has 0 bridgehead atoms. The highest BCUT2D eigenvalue weighted by Crippen LogP contribution is 2.44. The van der Waals surface area contributed by atoms with Gasteiger partial charge >= 0.3 is 12.2 Å². The molecule has 2 aromatic carbocycles. The summed E-state index contributed by atoms with van der Waals surface area (Å²) in [7, 11) is 0. The Labute approximate surface area is 272 Å². The molecule has 0 spiro atoms. The average Bonchev–Trinajstić information content (AvgIpc) is 3.39. The number of piperidine rings is 1. The van der Waals surface area contributed by atoms with Crippen molar-refractivity contribution in [3.63, 3.8) is 0 Å². The molecule has 2 aliphatic heterocycles. The van der Waals surface area contributed by atoms with Gasteiger partial charge < -0.3 is 15.1 Å². The molecule has 1 saturated carbocycles. The van der Waals surface area contributed by atoms with Crippen molar-refractivity contribution in [1.82, 2.24) is 20.2 Å². The lowest BCUT2D eigenvalue weighted by Crippen LogP contribution is -2.52. The van der Waals surface area contributed by atoms with E-state index < -0.39 is 29.2 Å². The van der Waals surface area contributed by atoms with Gasteiger partial charge in [0.15, 0.2) is 0 Å². The number of hydrogen-bond acceptors (Lipinski definition) is 4. The molecule has 256 valence electrons. The molecule has 12 heteroatoms. The number of nitrogens with zero attached hydrogens (tertiary/aromatic N) is 3. The fourth-order valence-corrected chi connectivity index (χ4v) is 7.07. The van der Waals surface area contributed by atoms with Crippen molar-refractivity contribution in [1.29, 1.82) is 0 Å². The van der Waals surface area contributed by atoms with Crippen LogP contribution in [-0.2, 0) is 28.0 Å². The van der Waals surface area contributed by atoms with E-state index in [1.165, 1.54) is 12.1 Å². The van der Waals surface area contributed by atoms with Crippen LogP contribution in [0.3, 0.4) is 0 Å². The summed E-state index contributed by atoms with van der Waals surface area (Å²) in [6.07, 6.45) is -1.73. The van der Waals surface area contributed by atoms with Crippen molar-refractivity contribution in [3.8, 4) is 0 Å². The largest absolute Gasteiger partial charge is 0.416 e. The molecule has 0 aromatic heterocycles. The number of carbonyl (C=O) groups is 2. The summed E-state index contributed by atoms with van der Waals surface area (Å²) in [4.78, 5) is 37.0. The molecule has 2 heterocycles. The standard InChI is InChI=1S/C35H43F5N4O3/c1-3-19-44(32(46)41-22-26-9-11-29(12-10-26)35(38,39)40)30-15-20-43(21-16-30)47-34(28-7-5-4-6-8-28)24-42(23-25(34)2)31(45)27-13-17-33(36,37)18-14-27/h3-12,25,27,30H,1,13-24H2,2H3,(H,41,46)/t25-,34+/m0/s1. The van der Waals surface area contributed by atoms with Crippen LogP contribution in [-0.4, -0.2) is 71.5 Å². The summed E-state index contributed by atoms with van der Waals surface area (Å²) in [5, 5.41) is 4.73. The summed E-state index contributed by atoms with van der Waals surface area (Å²) in [6.45, 7) is 8.06. The number of halogens is 5. The number of benzene rings is 2. The SMILES string of the molecule is C=CCN(C(=O)NCc1ccc(C(F)(F)F)cc1)C1CCN(O[C@]2(c3ccccc3)CN(C(=O)C3CCC(F)(F)CC3)C[C@@H]2C)CC1. The molecule has 1 aliphatic carbocycles. The molecular weight excluding hydrogens is 619 g/mol. The van der Waals surface area contributed by atoms with Crippen LogP contribution < -0.4 is 5.32 Å². The van der Waals surface area contributed by atoms with Gasteiger partial charge in [-0.2, -0.15) is 18.2 Å². The monoisotopic (exact) mass is 662 g/mol. The lowest BCUT2D eigenvalue weighted by molar-refractivity contribution is -0.268. The van der Waals surface area contributed by atoms with E-state index in [4.69, 9.17) is 4.84 Å². The third-order valence-corrected chi connectivity index (χ3v) is 9.82. The topological polar surface area (TPSA) is 65.1 Å². The highest BCUT2D eigenvalue weighted by atomic mass is 19.4. The Balaban J connectivity index is 1.21. The number of rotatable bonds is 9. The maximum Gasteiger partial charge on any atom is 0.416 e. The van der Waals surface area contributed by atoms with Gasteiger partial charge in [0.25, 0.3) is 0 Å². The first-order chi connectivity index (χ1) is 22.3. The molecule has 47 heavy (non-hydrogen) atoms. The fourth-order valence-electron chi connectivity index (χ4n) is 7.07. The second-order valence-electron chi connectivity index (χ2n) is 13.1. The van der Waals surface area contributed by atoms with Gasteiger partial charge in [0, 0.05) is 63.4 Å². The minimum Gasteiger partial charge on any atom is -0.339 e. The minimum absolute atomic E-state index is 0.0650. The molecular formula is C35H43F5N4O3. The Morgan fingerprint density at radius 2 is 1.66 bits per heavy atom. The lowest BCUT2D eigenvalue weighted by Gasteiger charge is -2.42. The predicted octanol–water partition coefficient (Wildman–Crippen LogP) is 7.00. The average molecular weight is 663 g/mol. The van der Waals surface area contributed by atoms with Crippen molar-refractivity contribution in [2.75, 3.05) is 32.7 Å². The van der Waals surface area contributed by atoms with Crippen LogP contribution in [0.1, 0.15) is 62.1 Å². The highest BCUT2D eigenvalue weighted by molar-refractivity contribution is 5.79. The van der Waals surface area contributed by atoms with Crippen molar-refractivity contribution in [2.45, 2.75) is 75.7 Å². The van der Waals surface area contributed by atoms with Crippen molar-refractivity contribution < 1.29 is 36.4 Å². The van der Waals surface area contributed by atoms with E-state index in [0.717, 1.165) is 17.7 Å². The Morgan fingerprint density at radius 3 is 2.26 bits per heavy atom. The second kappa shape index (κ2) is 14.3. The first-order valence-electron chi connectivity index (χ1n) is 16.3. The summed E-state index contributed by atoms with van der Waals surface area (Å²) >= 11 is 0. The Kier molecular flexibility index (Phi) is 10.6. The van der Waals surface area contributed by atoms with E-state index in [9.17, 15) is 31.5 Å². The number of amides is 3. The number of hydrogen-bond donors (Lipinski definition) is 1. The minimum atomic E-state index is -4.42. The van der Waals surface area contributed by atoms with Crippen molar-refractivity contribution in [2.24, 2.45) is 11.8 Å². The summed E-state index contributed by atoms with van der Waals surface area (Å²) in [6, 6.07) is 14.0. The zero-order valence-electron chi connectivity index (χ0n) is 26.7. The lowest BCUT2D eigenvalue weighted by atomic mass is 9.85. The normalized spacial score (nSPS) is 24.2. The summed E-state index contributed by atoms with van der Waals surface area (Å²) < 4.78 is 66.3. The van der Waals surface area contributed by atoms with Gasteiger partial charge in [-0.3, -0.25) is 9.63 Å². The molecule has 1 N–H and O–H groups in total. The third kappa shape index (κ3) is 8.14. The molecule has 2 saturated heterocycles. The molecule has 0 unspecified atom stereocenters. The molecule has 2 aromatic rings. The van der Waals surface area contributed by atoms with Crippen molar-refractivity contribution >= 4 is 11.9 Å². The number of nitrogens with one attached hydrogen (secondary N) is 1. The fraction of sp³-hybridized carbons (Fsp3) is 0.543. The number of urea groups is 1. The smallest absolute Gasteiger partial charge is 0.339 e. The van der Waals surface area contributed by atoms with E-state index in [-0.39, 0.29) is 56.1 Å². The van der Waals surface area contributed by atoms with Crippen LogP contribution in [0.25, 0.3) is 0 Å². The van der Waals surface area contributed by atoms with Crippen LogP contribution >= 0.6 is 0 Å². The first kappa shape index (κ1) is 34.8. The van der Waals surface area contributed by atoms with E-state index >= 15 is 0 Å². The molecule has 3 amide bonds. The quantitative estimate of drug-likeness (QED) is 0.232. The maximum atomic E-state index is 13.8. The Bertz CT molecular complexity index is 1370. The van der Waals surface area contributed by atoms with Crippen LogP contribution in [0.15, 0.2) is 67.3 Å². The van der Waals surface area contributed by atoms with Gasteiger partial charge in [0.05, 0.1) is 12.1 Å². The first-order valence-corrected chi connectivity index (χ1v) is 16.3. The molecule has 3 fully saturated rings. The number of likely N-dealkylation sites (tertiary alicyclic amines) is 1. The Morgan fingerprint density at radius 1 is 1.02 bits per heavy atom. The number of hydroxylamine groups is 2. The zero-order chi connectivity index (χ0) is 33.8. The van der Waals surface area contributed by atoms with Gasteiger partial charge in [0.1, 0.15) is 5.60 Å². The van der Waals surface area contributed by atoms with E-state index in [1.54, 1.807) is 15.9 Å². The number of alkyl halides is 5. The molecule has 7 nitrogen and oxygen atoms in total. The van der Waals surface area contributed by atoms with E-state index in [1.807, 2.05) is 35.4 Å². The van der Waals surface area contributed by atoms with Gasteiger partial charge in [-0.25, -0.2) is 13.6 Å². The van der Waals surface area contributed by atoms with Crippen molar-refractivity contribution in [3.05, 3.63) is 83.9 Å². The zero-order valence-corrected chi connectivity index (χ0v) is 26.7. The number of carbonyl (C=O) groups excluding carboxylic acids is 2. The summed E-state index contributed by atoms with van der Waals surface area (Å²) in [5.74, 6) is -3.27. The predicted molar refractivity (Wildman–Crippen MR) is 167 cm³/mol. The van der Waals surface area contributed by atoms with Crippen LogP contribution in [0.4, 0.5) is 26.7 Å². The second-order valence-corrected chi connectivity index (χ2v) is 13.1. The summed E-state index contributed by atoms with van der Waals surface area (Å²) in [5.41, 5.74) is -0.0656. The van der Waals surface area contributed by atoms with Gasteiger partial charge in [-0.15, -0.1) is 6.58 Å². The van der Waals surface area contributed by atoms with Crippen LogP contribution in [0, 0.1) is 11.8 Å². The van der Waals surface area contributed by atoms with Gasteiger partial charge in [-0.1, -0.05) is 55.5 Å². The highest BCUT2D eigenvalue weighted by Gasteiger charge is 2.51. The van der Waals surface area contributed by atoms with Crippen LogP contribution in [0.2, 0.25) is 0 Å². The molecule has 2 atom stereocenters. The van der Waals surface area contributed by atoms with E-state index in [0.29, 0.717) is 51.1 Å². The third-order valence-electron chi connectivity index (χ3n) is 9.82. The molecule has 5 rings (SSSR count). The van der Waals surface area contributed by atoms with Crippen LogP contribution in [0.5, 0.6) is 0 Å². The molecule has 3 aliphatic rings. The maximum absolute atomic E-state index is 13.8.